The molecule has 0 unspecified atom stereocenters. The van der Waals surface area contributed by atoms with E-state index in [2.05, 4.69) is 15.6 Å². The molecule has 1 aromatic heterocycles. The number of rotatable bonds is 7. The predicted molar refractivity (Wildman–Crippen MR) is 109 cm³/mol. The molecule has 7 heteroatoms. The van der Waals surface area contributed by atoms with E-state index in [4.69, 9.17) is 4.74 Å². The maximum Gasteiger partial charge on any atom is 0.339 e. The number of nitrogens with one attached hydrogen (secondary N) is 2. The van der Waals surface area contributed by atoms with E-state index >= 15 is 0 Å². The first-order chi connectivity index (χ1) is 14.1. The van der Waals surface area contributed by atoms with Gasteiger partial charge in [0.15, 0.2) is 0 Å². The zero-order valence-electron chi connectivity index (χ0n) is 15.8. The van der Waals surface area contributed by atoms with Gasteiger partial charge in [0, 0.05) is 18.9 Å². The molecule has 0 bridgehead atoms. The van der Waals surface area contributed by atoms with Crippen LogP contribution in [0.15, 0.2) is 67.0 Å². The molecule has 1 amide bonds. The van der Waals surface area contributed by atoms with Gasteiger partial charge in [-0.3, -0.25) is 9.78 Å². The lowest BCUT2D eigenvalue weighted by atomic mass is 10.1. The van der Waals surface area contributed by atoms with Crippen molar-refractivity contribution in [2.75, 3.05) is 24.3 Å². The highest BCUT2D eigenvalue weighted by atomic mass is 19.1. The van der Waals surface area contributed by atoms with Gasteiger partial charge < -0.3 is 15.4 Å². The molecule has 3 aromatic rings. The molecule has 0 aliphatic carbocycles. The van der Waals surface area contributed by atoms with Gasteiger partial charge in [0.2, 0.25) is 0 Å². The van der Waals surface area contributed by atoms with Crippen molar-refractivity contribution in [3.8, 4) is 0 Å². The van der Waals surface area contributed by atoms with Gasteiger partial charge in [-0.05, 0) is 36.2 Å². The zero-order valence-corrected chi connectivity index (χ0v) is 15.8. The van der Waals surface area contributed by atoms with Gasteiger partial charge >= 0.3 is 5.97 Å². The maximum atomic E-state index is 13.7. The van der Waals surface area contributed by atoms with Crippen molar-refractivity contribution in [1.82, 2.24) is 4.98 Å². The number of benzene rings is 2. The number of amides is 1. The van der Waals surface area contributed by atoms with Crippen LogP contribution in [0.4, 0.5) is 15.8 Å². The molecule has 0 aliphatic rings. The van der Waals surface area contributed by atoms with Crippen molar-refractivity contribution < 1.29 is 18.7 Å². The summed E-state index contributed by atoms with van der Waals surface area (Å²) in [7, 11) is 1.28. The fourth-order valence-electron chi connectivity index (χ4n) is 2.78. The Morgan fingerprint density at radius 3 is 2.62 bits per heavy atom. The van der Waals surface area contributed by atoms with Gasteiger partial charge in [-0.25, -0.2) is 9.18 Å². The number of esters is 1. The summed E-state index contributed by atoms with van der Waals surface area (Å²) < 4.78 is 18.4. The second-order valence-corrected chi connectivity index (χ2v) is 6.22. The number of aromatic nitrogens is 1. The lowest BCUT2D eigenvalue weighted by molar-refractivity contribution is 0.0602. The molecule has 1 heterocycles. The second kappa shape index (κ2) is 9.45. The van der Waals surface area contributed by atoms with Crippen LogP contribution in [0.5, 0.6) is 0 Å². The van der Waals surface area contributed by atoms with E-state index in [1.807, 2.05) is 0 Å². The van der Waals surface area contributed by atoms with E-state index in [0.717, 1.165) is 0 Å². The van der Waals surface area contributed by atoms with Crippen LogP contribution in [-0.2, 0) is 11.2 Å². The van der Waals surface area contributed by atoms with Gasteiger partial charge in [-0.1, -0.05) is 30.3 Å². The largest absolute Gasteiger partial charge is 0.465 e. The average Bonchev–Trinajstić information content (AvgIpc) is 2.75. The molecule has 148 valence electrons. The number of para-hydroxylation sites is 1. The molecule has 0 fully saturated rings. The third-order valence-electron chi connectivity index (χ3n) is 4.26. The van der Waals surface area contributed by atoms with E-state index in [0.29, 0.717) is 35.5 Å². The molecular formula is C22H20FN3O3. The smallest absolute Gasteiger partial charge is 0.339 e. The average molecular weight is 393 g/mol. The van der Waals surface area contributed by atoms with Crippen LogP contribution in [0.2, 0.25) is 0 Å². The van der Waals surface area contributed by atoms with Crippen LogP contribution in [0.1, 0.15) is 26.3 Å². The van der Waals surface area contributed by atoms with Crippen LogP contribution in [0, 0.1) is 5.82 Å². The maximum absolute atomic E-state index is 13.7. The van der Waals surface area contributed by atoms with Gasteiger partial charge in [0.1, 0.15) is 5.82 Å². The summed E-state index contributed by atoms with van der Waals surface area (Å²) in [4.78, 5) is 28.5. The van der Waals surface area contributed by atoms with Gasteiger partial charge in [0.05, 0.1) is 29.6 Å². The summed E-state index contributed by atoms with van der Waals surface area (Å²) in [5, 5.41) is 5.84. The van der Waals surface area contributed by atoms with Crippen molar-refractivity contribution in [1.29, 1.82) is 0 Å². The summed E-state index contributed by atoms with van der Waals surface area (Å²) in [5.74, 6) is -1.20. The number of pyridine rings is 1. The molecule has 0 spiro atoms. The fraction of sp³-hybridized carbons (Fsp3) is 0.136. The Kier molecular flexibility index (Phi) is 6.52. The first-order valence-corrected chi connectivity index (χ1v) is 8.99. The minimum absolute atomic E-state index is 0.246. The highest BCUT2D eigenvalue weighted by Gasteiger charge is 2.14. The lowest BCUT2D eigenvalue weighted by Crippen LogP contribution is -2.16. The van der Waals surface area contributed by atoms with Gasteiger partial charge in [-0.2, -0.15) is 0 Å². The summed E-state index contributed by atoms with van der Waals surface area (Å²) in [5.41, 5.74) is 2.18. The molecule has 29 heavy (non-hydrogen) atoms. The summed E-state index contributed by atoms with van der Waals surface area (Å²) in [6.07, 6.45) is 3.51. The molecular weight excluding hydrogens is 373 g/mol. The van der Waals surface area contributed by atoms with E-state index in [1.165, 1.54) is 19.4 Å². The van der Waals surface area contributed by atoms with Crippen LogP contribution in [0.25, 0.3) is 0 Å². The van der Waals surface area contributed by atoms with Crippen molar-refractivity contribution in [3.05, 3.63) is 89.5 Å². The molecule has 0 saturated carbocycles. The van der Waals surface area contributed by atoms with Crippen LogP contribution in [0.3, 0.4) is 0 Å². The quantitative estimate of drug-likeness (QED) is 0.595. The summed E-state index contributed by atoms with van der Waals surface area (Å²) in [6, 6.07) is 14.8. The molecule has 0 saturated heterocycles. The summed E-state index contributed by atoms with van der Waals surface area (Å²) >= 11 is 0. The topological polar surface area (TPSA) is 80.3 Å². The Balaban J connectivity index is 1.66. The first-order valence-electron chi connectivity index (χ1n) is 8.99. The van der Waals surface area contributed by atoms with E-state index < -0.39 is 11.9 Å². The van der Waals surface area contributed by atoms with E-state index in [1.54, 1.807) is 54.7 Å². The Morgan fingerprint density at radius 1 is 1.07 bits per heavy atom. The minimum atomic E-state index is -0.539. The number of halogens is 1. The molecule has 3 rings (SSSR count). The molecule has 0 atom stereocenters. The highest BCUT2D eigenvalue weighted by molar-refractivity contribution is 6.08. The van der Waals surface area contributed by atoms with Crippen molar-refractivity contribution >= 4 is 23.3 Å². The second-order valence-electron chi connectivity index (χ2n) is 6.22. The normalized spacial score (nSPS) is 10.3. The molecule has 0 radical (unpaired) electrons. The molecule has 6 nitrogen and oxygen atoms in total. The van der Waals surface area contributed by atoms with Gasteiger partial charge in [0.25, 0.3) is 5.91 Å². The third-order valence-corrected chi connectivity index (χ3v) is 4.26. The Labute approximate surface area is 167 Å². The van der Waals surface area contributed by atoms with Crippen LogP contribution >= 0.6 is 0 Å². The number of hydrogen-bond acceptors (Lipinski definition) is 5. The zero-order chi connectivity index (χ0) is 20.6. The molecule has 2 N–H and O–H groups in total. The third kappa shape index (κ3) is 5.16. The number of methoxy groups -OCH3 is 1. The number of hydrogen-bond donors (Lipinski definition) is 2. The van der Waals surface area contributed by atoms with Crippen LogP contribution < -0.4 is 10.6 Å². The molecule has 2 aromatic carbocycles. The fourth-order valence-corrected chi connectivity index (χ4v) is 2.78. The number of carbonyl (C=O) groups excluding carboxylic acids is 2. The Bertz CT molecular complexity index is 1020. The lowest BCUT2D eigenvalue weighted by Gasteiger charge is -2.11. The first kappa shape index (κ1) is 20.0. The number of nitrogens with zero attached hydrogens (tertiary/aromatic N) is 1. The van der Waals surface area contributed by atoms with Crippen molar-refractivity contribution in [2.24, 2.45) is 0 Å². The van der Waals surface area contributed by atoms with E-state index in [-0.39, 0.29) is 11.4 Å². The standard InChI is InChI=1S/C22H20FN3O3/c1-29-22(28)18-7-3-5-9-20(18)26-21(27)16-12-17(14-24-13-16)25-11-10-15-6-2-4-8-19(15)23/h2-9,12-14,25H,10-11H2,1H3,(H,26,27). The van der Waals surface area contributed by atoms with Crippen molar-refractivity contribution in [2.45, 2.75) is 6.42 Å². The monoisotopic (exact) mass is 393 g/mol. The van der Waals surface area contributed by atoms with Gasteiger partial charge in [-0.15, -0.1) is 0 Å². The van der Waals surface area contributed by atoms with E-state index in [9.17, 15) is 14.0 Å². The van der Waals surface area contributed by atoms with Crippen molar-refractivity contribution in [3.63, 3.8) is 0 Å². The SMILES string of the molecule is COC(=O)c1ccccc1NC(=O)c1cncc(NCCc2ccccc2F)c1. The highest BCUT2D eigenvalue weighted by Crippen LogP contribution is 2.18. The van der Waals surface area contributed by atoms with Crippen LogP contribution in [-0.4, -0.2) is 30.5 Å². The number of carbonyl (C=O) groups is 2. The minimum Gasteiger partial charge on any atom is -0.465 e. The summed E-state index contributed by atoms with van der Waals surface area (Å²) in [6.45, 7) is 0.485. The Morgan fingerprint density at radius 2 is 1.83 bits per heavy atom. The Hall–Kier alpha value is -3.74. The number of anilines is 2. The molecule has 0 aliphatic heterocycles. The number of ether oxygens (including phenoxy) is 1. The predicted octanol–water partition coefficient (Wildman–Crippen LogP) is 3.91.